The maximum Gasteiger partial charge on any atom is 0.279 e. The lowest BCUT2D eigenvalue weighted by molar-refractivity contribution is 0.283. The molecule has 0 saturated heterocycles. The average molecular weight is 345 g/mol. The molecule has 0 radical (unpaired) electrons. The van der Waals surface area contributed by atoms with Crippen molar-refractivity contribution in [3.63, 3.8) is 0 Å². The minimum Gasteiger partial charge on any atom is -0.254 e. The molecule has 1 fully saturated rings. The molecule has 0 aromatic heterocycles. The molecule has 1 saturated carbocycles. The SMILES string of the molecule is CN(C1CCCCC1)S(=O)(=O)NCC[S@](=O)c1ccccc1. The van der Waals surface area contributed by atoms with Gasteiger partial charge in [-0.25, -0.2) is 4.72 Å². The highest BCUT2D eigenvalue weighted by Gasteiger charge is 2.27. The summed E-state index contributed by atoms with van der Waals surface area (Å²) in [6, 6.07) is 9.19. The summed E-state index contributed by atoms with van der Waals surface area (Å²) in [6.07, 6.45) is 5.21. The molecule has 22 heavy (non-hydrogen) atoms. The average Bonchev–Trinajstić information content (AvgIpc) is 2.55. The summed E-state index contributed by atoms with van der Waals surface area (Å²) in [5, 5.41) is 0. The maximum absolute atomic E-state index is 12.3. The van der Waals surface area contributed by atoms with E-state index in [-0.39, 0.29) is 18.3 Å². The minimum atomic E-state index is -3.49. The van der Waals surface area contributed by atoms with Crippen LogP contribution in [0.2, 0.25) is 0 Å². The van der Waals surface area contributed by atoms with Crippen LogP contribution in [0.25, 0.3) is 0 Å². The Morgan fingerprint density at radius 3 is 2.45 bits per heavy atom. The summed E-state index contributed by atoms with van der Waals surface area (Å²) in [6.45, 7) is 0.181. The molecule has 5 nitrogen and oxygen atoms in total. The van der Waals surface area contributed by atoms with E-state index in [1.54, 1.807) is 19.2 Å². The van der Waals surface area contributed by atoms with E-state index < -0.39 is 21.0 Å². The molecule has 0 heterocycles. The molecule has 1 aromatic rings. The van der Waals surface area contributed by atoms with Crippen molar-refractivity contribution in [2.24, 2.45) is 0 Å². The van der Waals surface area contributed by atoms with E-state index in [9.17, 15) is 12.6 Å². The zero-order valence-corrected chi connectivity index (χ0v) is 14.5. The lowest BCUT2D eigenvalue weighted by Crippen LogP contribution is -2.45. The quantitative estimate of drug-likeness (QED) is 0.821. The summed E-state index contributed by atoms with van der Waals surface area (Å²) in [5.41, 5.74) is 0. The van der Waals surface area contributed by atoms with Gasteiger partial charge in [-0.1, -0.05) is 37.5 Å². The van der Waals surface area contributed by atoms with Crippen molar-refractivity contribution in [2.45, 2.75) is 43.0 Å². The van der Waals surface area contributed by atoms with E-state index in [1.165, 1.54) is 10.7 Å². The molecule has 1 N–H and O–H groups in total. The van der Waals surface area contributed by atoms with Crippen LogP contribution in [-0.2, 0) is 21.0 Å². The summed E-state index contributed by atoms with van der Waals surface area (Å²) < 4.78 is 40.6. The van der Waals surface area contributed by atoms with E-state index >= 15 is 0 Å². The van der Waals surface area contributed by atoms with Crippen LogP contribution in [0.3, 0.4) is 0 Å². The van der Waals surface area contributed by atoms with Crippen LogP contribution in [-0.4, -0.2) is 42.3 Å². The van der Waals surface area contributed by atoms with Crippen LogP contribution in [0, 0.1) is 0 Å². The van der Waals surface area contributed by atoms with E-state index in [0.717, 1.165) is 30.6 Å². The fourth-order valence-corrected chi connectivity index (χ4v) is 4.98. The van der Waals surface area contributed by atoms with E-state index in [2.05, 4.69) is 4.72 Å². The fraction of sp³-hybridized carbons (Fsp3) is 0.600. The Bertz CT molecular complexity index is 584. The number of nitrogens with one attached hydrogen (secondary N) is 1. The van der Waals surface area contributed by atoms with Gasteiger partial charge in [0, 0.05) is 30.3 Å². The third kappa shape index (κ3) is 4.87. The number of benzene rings is 1. The van der Waals surface area contributed by atoms with Crippen molar-refractivity contribution in [3.8, 4) is 0 Å². The predicted molar refractivity (Wildman–Crippen MR) is 89.3 cm³/mol. The molecule has 1 aliphatic rings. The van der Waals surface area contributed by atoms with Gasteiger partial charge in [-0.15, -0.1) is 0 Å². The largest absolute Gasteiger partial charge is 0.279 e. The first-order chi connectivity index (χ1) is 10.5. The molecular formula is C15H24N2O3S2. The smallest absolute Gasteiger partial charge is 0.254 e. The van der Waals surface area contributed by atoms with Crippen LogP contribution in [0.4, 0.5) is 0 Å². The third-order valence-electron chi connectivity index (χ3n) is 4.05. The first kappa shape index (κ1) is 17.6. The highest BCUT2D eigenvalue weighted by molar-refractivity contribution is 7.87. The van der Waals surface area contributed by atoms with Crippen molar-refractivity contribution in [1.82, 2.24) is 9.03 Å². The van der Waals surface area contributed by atoms with Crippen molar-refractivity contribution in [1.29, 1.82) is 0 Å². The van der Waals surface area contributed by atoms with Crippen molar-refractivity contribution >= 4 is 21.0 Å². The second-order valence-electron chi connectivity index (χ2n) is 5.57. The second kappa shape index (κ2) is 8.19. The molecule has 1 aromatic carbocycles. The Hall–Kier alpha value is -0.760. The lowest BCUT2D eigenvalue weighted by Gasteiger charge is -2.30. The molecule has 0 amide bonds. The highest BCUT2D eigenvalue weighted by Crippen LogP contribution is 2.22. The Morgan fingerprint density at radius 1 is 1.18 bits per heavy atom. The summed E-state index contributed by atoms with van der Waals surface area (Å²) in [4.78, 5) is 0.724. The summed E-state index contributed by atoms with van der Waals surface area (Å²) in [5.74, 6) is 0.280. The fourth-order valence-electron chi connectivity index (χ4n) is 2.70. The van der Waals surface area contributed by atoms with Gasteiger partial charge in [0.2, 0.25) is 0 Å². The predicted octanol–water partition coefficient (Wildman–Crippen LogP) is 1.89. The van der Waals surface area contributed by atoms with Gasteiger partial charge in [0.05, 0.1) is 10.8 Å². The van der Waals surface area contributed by atoms with Gasteiger partial charge < -0.3 is 0 Å². The maximum atomic E-state index is 12.3. The molecule has 1 aliphatic carbocycles. The number of rotatable bonds is 7. The normalized spacial score (nSPS) is 18.5. The van der Waals surface area contributed by atoms with E-state index in [4.69, 9.17) is 0 Å². The van der Waals surface area contributed by atoms with Crippen LogP contribution >= 0.6 is 0 Å². The second-order valence-corrected chi connectivity index (χ2v) is 8.96. The number of hydrogen-bond acceptors (Lipinski definition) is 3. The number of nitrogens with zero attached hydrogens (tertiary/aromatic N) is 1. The van der Waals surface area contributed by atoms with Gasteiger partial charge in [0.15, 0.2) is 0 Å². The van der Waals surface area contributed by atoms with Gasteiger partial charge in [0.25, 0.3) is 10.2 Å². The molecular weight excluding hydrogens is 320 g/mol. The van der Waals surface area contributed by atoms with Crippen molar-refractivity contribution < 1.29 is 12.6 Å². The molecule has 0 unspecified atom stereocenters. The molecule has 124 valence electrons. The van der Waals surface area contributed by atoms with Crippen LogP contribution in [0.1, 0.15) is 32.1 Å². The van der Waals surface area contributed by atoms with Crippen molar-refractivity contribution in [2.75, 3.05) is 19.3 Å². The Morgan fingerprint density at radius 2 is 1.82 bits per heavy atom. The topological polar surface area (TPSA) is 66.5 Å². The van der Waals surface area contributed by atoms with Gasteiger partial charge in [0.1, 0.15) is 0 Å². The molecule has 1 atom stereocenters. The molecule has 0 bridgehead atoms. The van der Waals surface area contributed by atoms with Crippen LogP contribution in [0.5, 0.6) is 0 Å². The Balaban J connectivity index is 1.83. The van der Waals surface area contributed by atoms with E-state index in [0.29, 0.717) is 0 Å². The van der Waals surface area contributed by atoms with Gasteiger partial charge in [-0.2, -0.15) is 12.7 Å². The van der Waals surface area contributed by atoms with Gasteiger partial charge in [-0.3, -0.25) is 4.21 Å². The Labute approximate surface area is 135 Å². The summed E-state index contributed by atoms with van der Waals surface area (Å²) in [7, 11) is -3.04. The van der Waals surface area contributed by atoms with Gasteiger partial charge in [-0.05, 0) is 25.0 Å². The molecule has 7 heteroatoms. The third-order valence-corrected chi connectivity index (χ3v) is 7.04. The summed E-state index contributed by atoms with van der Waals surface area (Å²) >= 11 is 0. The Kier molecular flexibility index (Phi) is 6.55. The van der Waals surface area contributed by atoms with Crippen LogP contribution < -0.4 is 4.72 Å². The monoisotopic (exact) mass is 344 g/mol. The lowest BCUT2D eigenvalue weighted by atomic mass is 9.96. The van der Waals surface area contributed by atoms with Crippen molar-refractivity contribution in [3.05, 3.63) is 30.3 Å². The standard InChI is InChI=1S/C15H24N2O3S2/c1-17(14-8-4-2-5-9-14)22(19,20)16-12-13-21(18)15-10-6-3-7-11-15/h3,6-7,10-11,14,16H,2,4-5,8-9,12-13H2,1H3/t21-/m0/s1. The highest BCUT2D eigenvalue weighted by atomic mass is 32.2. The van der Waals surface area contributed by atoms with Crippen LogP contribution in [0.15, 0.2) is 35.2 Å². The zero-order valence-electron chi connectivity index (χ0n) is 12.9. The first-order valence-electron chi connectivity index (χ1n) is 7.67. The zero-order chi connectivity index (χ0) is 16.0. The first-order valence-corrected chi connectivity index (χ1v) is 10.4. The molecule has 2 rings (SSSR count). The van der Waals surface area contributed by atoms with Gasteiger partial charge >= 0.3 is 0 Å². The molecule has 0 spiro atoms. The molecule has 0 aliphatic heterocycles. The minimum absolute atomic E-state index is 0.0888. The van der Waals surface area contributed by atoms with E-state index in [1.807, 2.05) is 18.2 Å². The number of hydrogen-bond donors (Lipinski definition) is 1.